The third kappa shape index (κ3) is 2.19. The van der Waals surface area contributed by atoms with E-state index in [4.69, 9.17) is 10.5 Å². The molecule has 1 aliphatic heterocycles. The molecule has 2 aliphatic rings. The minimum atomic E-state index is 0.333. The van der Waals surface area contributed by atoms with Crippen LogP contribution in [0.4, 0.5) is 11.6 Å². The molecule has 2 aromatic heterocycles. The Morgan fingerprint density at radius 2 is 2.10 bits per heavy atom. The van der Waals surface area contributed by atoms with Crippen molar-refractivity contribution in [3.63, 3.8) is 0 Å². The Labute approximate surface area is 123 Å². The molecule has 1 aliphatic carbocycles. The van der Waals surface area contributed by atoms with Crippen molar-refractivity contribution in [2.75, 3.05) is 23.8 Å². The molecule has 2 unspecified atom stereocenters. The predicted molar refractivity (Wildman–Crippen MR) is 81.1 cm³/mol. The number of nitrogen functional groups attached to an aromatic ring is 1. The fraction of sp³-hybridized carbons (Fsp3) is 0.533. The number of ether oxygens (including phenoxy) is 1. The van der Waals surface area contributed by atoms with Crippen molar-refractivity contribution in [3.8, 4) is 0 Å². The predicted octanol–water partition coefficient (Wildman–Crippen LogP) is 1.75. The third-order valence-electron chi connectivity index (χ3n) is 4.50. The molecule has 2 atom stereocenters. The van der Waals surface area contributed by atoms with E-state index in [-0.39, 0.29) is 0 Å². The highest BCUT2D eigenvalue weighted by Crippen LogP contribution is 2.33. The largest absolute Gasteiger partial charge is 0.384 e. The number of hydrogen-bond donors (Lipinski definition) is 1. The Kier molecular flexibility index (Phi) is 3.11. The van der Waals surface area contributed by atoms with Gasteiger partial charge in [-0.2, -0.15) is 0 Å². The molecular formula is C15H19N5O. The van der Waals surface area contributed by atoms with E-state index < -0.39 is 0 Å². The zero-order valence-electron chi connectivity index (χ0n) is 11.9. The normalized spacial score (nSPS) is 25.8. The second kappa shape index (κ2) is 5.11. The van der Waals surface area contributed by atoms with Crippen LogP contribution in [0.3, 0.4) is 0 Å². The molecule has 0 amide bonds. The van der Waals surface area contributed by atoms with Crippen LogP contribution in [0.1, 0.15) is 25.7 Å². The lowest BCUT2D eigenvalue weighted by atomic mass is 9.90. The van der Waals surface area contributed by atoms with Crippen LogP contribution in [0.15, 0.2) is 18.5 Å². The van der Waals surface area contributed by atoms with Crippen LogP contribution in [-0.2, 0) is 4.74 Å². The molecule has 0 aromatic carbocycles. The number of fused-ring (bicyclic) bond motifs is 2. The lowest BCUT2D eigenvalue weighted by Gasteiger charge is -2.44. The highest BCUT2D eigenvalue weighted by molar-refractivity contribution is 5.87. The van der Waals surface area contributed by atoms with E-state index in [1.807, 2.05) is 12.1 Å². The molecule has 0 bridgehead atoms. The van der Waals surface area contributed by atoms with Gasteiger partial charge in [0.05, 0.1) is 24.1 Å². The number of nitrogens with zero attached hydrogens (tertiary/aromatic N) is 4. The highest BCUT2D eigenvalue weighted by Gasteiger charge is 2.35. The molecule has 4 rings (SSSR count). The molecule has 21 heavy (non-hydrogen) atoms. The van der Waals surface area contributed by atoms with Gasteiger partial charge in [-0.1, -0.05) is 12.8 Å². The first kappa shape index (κ1) is 12.8. The van der Waals surface area contributed by atoms with E-state index in [9.17, 15) is 0 Å². The number of pyridine rings is 1. The third-order valence-corrected chi connectivity index (χ3v) is 4.50. The summed E-state index contributed by atoms with van der Waals surface area (Å²) in [7, 11) is 0. The molecule has 1 saturated heterocycles. The van der Waals surface area contributed by atoms with Gasteiger partial charge in [-0.25, -0.2) is 15.0 Å². The van der Waals surface area contributed by atoms with Crippen molar-refractivity contribution < 1.29 is 4.74 Å². The van der Waals surface area contributed by atoms with E-state index in [0.29, 0.717) is 23.6 Å². The van der Waals surface area contributed by atoms with Crippen molar-refractivity contribution in [3.05, 3.63) is 18.5 Å². The Bertz CT molecular complexity index is 660. The lowest BCUT2D eigenvalue weighted by molar-refractivity contribution is -0.00887. The average Bonchev–Trinajstić information content (AvgIpc) is 2.53. The molecule has 2 N–H and O–H groups in total. The lowest BCUT2D eigenvalue weighted by Crippen LogP contribution is -2.53. The van der Waals surface area contributed by atoms with Crippen LogP contribution in [0.5, 0.6) is 0 Å². The Hall–Kier alpha value is -1.95. The topological polar surface area (TPSA) is 77.2 Å². The van der Waals surface area contributed by atoms with Crippen LogP contribution in [0, 0.1) is 0 Å². The molecule has 2 aromatic rings. The first-order valence-corrected chi connectivity index (χ1v) is 7.58. The molecule has 0 spiro atoms. The molecule has 110 valence electrons. The van der Waals surface area contributed by atoms with Crippen molar-refractivity contribution in [2.24, 2.45) is 0 Å². The maximum Gasteiger partial charge on any atom is 0.166 e. The summed E-state index contributed by atoms with van der Waals surface area (Å²) in [5.41, 5.74) is 6.42. The molecule has 3 heterocycles. The van der Waals surface area contributed by atoms with E-state index in [1.165, 1.54) is 19.3 Å². The quantitative estimate of drug-likeness (QED) is 0.860. The Balaban J connectivity index is 1.78. The second-order valence-corrected chi connectivity index (χ2v) is 5.76. The van der Waals surface area contributed by atoms with Gasteiger partial charge in [-0.05, 0) is 25.0 Å². The number of hydrogen-bond acceptors (Lipinski definition) is 6. The molecule has 6 heteroatoms. The SMILES string of the molecule is Nc1ccc2c(N3CCOC4CCCCC43)ncnc2n1. The summed E-state index contributed by atoms with van der Waals surface area (Å²) in [6.45, 7) is 1.63. The summed E-state index contributed by atoms with van der Waals surface area (Å²) in [6.07, 6.45) is 6.75. The summed E-state index contributed by atoms with van der Waals surface area (Å²) in [5.74, 6) is 1.46. The highest BCUT2D eigenvalue weighted by atomic mass is 16.5. The first-order chi connectivity index (χ1) is 10.3. The fourth-order valence-corrected chi connectivity index (χ4v) is 3.53. The summed E-state index contributed by atoms with van der Waals surface area (Å²) in [5, 5.41) is 0.970. The van der Waals surface area contributed by atoms with Gasteiger partial charge < -0.3 is 15.4 Å². The van der Waals surface area contributed by atoms with Crippen LogP contribution in [0.2, 0.25) is 0 Å². The van der Waals surface area contributed by atoms with Crippen LogP contribution < -0.4 is 10.6 Å². The second-order valence-electron chi connectivity index (χ2n) is 5.76. The number of rotatable bonds is 1. The summed E-state index contributed by atoms with van der Waals surface area (Å²) < 4.78 is 5.94. The monoisotopic (exact) mass is 285 g/mol. The molecule has 6 nitrogen and oxygen atoms in total. The summed E-state index contributed by atoms with van der Waals surface area (Å²) >= 11 is 0. The van der Waals surface area contributed by atoms with Crippen molar-refractivity contribution in [1.29, 1.82) is 0 Å². The molecule has 2 fully saturated rings. The Morgan fingerprint density at radius 3 is 3.05 bits per heavy atom. The van der Waals surface area contributed by atoms with Gasteiger partial charge in [-0.3, -0.25) is 0 Å². The van der Waals surface area contributed by atoms with Gasteiger partial charge in [0.1, 0.15) is 18.0 Å². The molecule has 0 radical (unpaired) electrons. The van der Waals surface area contributed by atoms with Crippen LogP contribution in [-0.4, -0.2) is 40.2 Å². The van der Waals surface area contributed by atoms with Crippen molar-refractivity contribution in [2.45, 2.75) is 37.8 Å². The summed E-state index contributed by atoms with van der Waals surface area (Å²) in [6, 6.07) is 4.21. The van der Waals surface area contributed by atoms with Gasteiger partial charge in [0.15, 0.2) is 5.65 Å². The van der Waals surface area contributed by atoms with Gasteiger partial charge in [0.2, 0.25) is 0 Å². The van der Waals surface area contributed by atoms with Gasteiger partial charge in [-0.15, -0.1) is 0 Å². The zero-order chi connectivity index (χ0) is 14.2. The van der Waals surface area contributed by atoms with Gasteiger partial charge in [0.25, 0.3) is 0 Å². The van der Waals surface area contributed by atoms with E-state index in [0.717, 1.165) is 30.8 Å². The zero-order valence-corrected chi connectivity index (χ0v) is 11.9. The number of anilines is 2. The van der Waals surface area contributed by atoms with Gasteiger partial charge in [0, 0.05) is 6.54 Å². The standard InChI is InChI=1S/C15H19N5O/c16-13-6-5-10-14(19-13)17-9-18-15(10)20-7-8-21-12-4-2-1-3-11(12)20/h5-6,9,11-12H,1-4,7-8H2,(H2,16,17,18,19). The van der Waals surface area contributed by atoms with E-state index in [2.05, 4.69) is 19.9 Å². The van der Waals surface area contributed by atoms with E-state index in [1.54, 1.807) is 6.33 Å². The van der Waals surface area contributed by atoms with Crippen LogP contribution in [0.25, 0.3) is 11.0 Å². The van der Waals surface area contributed by atoms with Crippen molar-refractivity contribution in [1.82, 2.24) is 15.0 Å². The van der Waals surface area contributed by atoms with E-state index >= 15 is 0 Å². The summed E-state index contributed by atoms with van der Waals surface area (Å²) in [4.78, 5) is 15.5. The van der Waals surface area contributed by atoms with Gasteiger partial charge >= 0.3 is 0 Å². The maximum atomic E-state index is 5.94. The maximum absolute atomic E-state index is 5.94. The average molecular weight is 285 g/mol. The van der Waals surface area contributed by atoms with Crippen molar-refractivity contribution >= 4 is 22.7 Å². The molecule has 1 saturated carbocycles. The number of aromatic nitrogens is 3. The smallest absolute Gasteiger partial charge is 0.166 e. The minimum Gasteiger partial charge on any atom is -0.384 e. The number of nitrogens with two attached hydrogens (primary N) is 1. The number of morpholine rings is 1. The molecular weight excluding hydrogens is 266 g/mol. The Morgan fingerprint density at radius 1 is 1.19 bits per heavy atom. The van der Waals surface area contributed by atoms with Crippen LogP contribution >= 0.6 is 0 Å². The fourth-order valence-electron chi connectivity index (χ4n) is 3.53. The first-order valence-electron chi connectivity index (χ1n) is 7.58. The minimum absolute atomic E-state index is 0.333.